The number of imidazole rings is 1. The van der Waals surface area contributed by atoms with E-state index in [-0.39, 0.29) is 17.0 Å². The average molecular weight is 394 g/mol. The van der Waals surface area contributed by atoms with E-state index >= 15 is 0 Å². The van der Waals surface area contributed by atoms with Gasteiger partial charge in [-0.05, 0) is 31.4 Å². The predicted octanol–water partition coefficient (Wildman–Crippen LogP) is 1.03. The van der Waals surface area contributed by atoms with Crippen LogP contribution in [0.4, 0.5) is 0 Å². The fourth-order valence-corrected chi connectivity index (χ4v) is 3.60. The van der Waals surface area contributed by atoms with Gasteiger partial charge < -0.3 is 17.0 Å². The molecule has 1 aromatic heterocycles. The standard InChI is InChI=1S/C21H20N3.BrH/c22-15-18-11-6-7-12-19(18)24-16-20(17-9-3-1-4-10-17)23-14-8-2-5-13-21(23)24;/h1,3-4,6-7,9-12,16H,2,5,8,13-14H2;1H/q+1;/p-1. The molecule has 0 N–H and O–H groups in total. The molecule has 3 nitrogen and oxygen atoms in total. The van der Waals surface area contributed by atoms with Crippen molar-refractivity contribution in [1.82, 2.24) is 4.57 Å². The van der Waals surface area contributed by atoms with Crippen LogP contribution < -0.4 is 21.5 Å². The van der Waals surface area contributed by atoms with Crippen LogP contribution in [0.25, 0.3) is 16.9 Å². The summed E-state index contributed by atoms with van der Waals surface area (Å²) in [6.07, 6.45) is 6.92. The van der Waals surface area contributed by atoms with Crippen LogP contribution in [0.15, 0.2) is 60.8 Å². The normalized spacial score (nSPS) is 13.2. The van der Waals surface area contributed by atoms with Crippen molar-refractivity contribution in [1.29, 1.82) is 5.26 Å². The number of halogens is 1. The first-order valence-corrected chi connectivity index (χ1v) is 8.57. The lowest BCUT2D eigenvalue weighted by Crippen LogP contribution is -3.00. The topological polar surface area (TPSA) is 32.6 Å². The molecule has 1 aliphatic heterocycles. The smallest absolute Gasteiger partial charge is 0.262 e. The Morgan fingerprint density at radius 1 is 0.920 bits per heavy atom. The molecule has 1 aliphatic rings. The molecule has 0 fully saturated rings. The molecule has 0 atom stereocenters. The third-order valence-electron chi connectivity index (χ3n) is 4.77. The summed E-state index contributed by atoms with van der Waals surface area (Å²) < 4.78 is 4.67. The van der Waals surface area contributed by atoms with Crippen molar-refractivity contribution in [3.8, 4) is 23.0 Å². The van der Waals surface area contributed by atoms with Gasteiger partial charge in [0.2, 0.25) is 0 Å². The summed E-state index contributed by atoms with van der Waals surface area (Å²) in [5.74, 6) is 1.30. The summed E-state index contributed by atoms with van der Waals surface area (Å²) in [5, 5.41) is 9.49. The van der Waals surface area contributed by atoms with E-state index in [1.165, 1.54) is 36.3 Å². The summed E-state index contributed by atoms with van der Waals surface area (Å²) >= 11 is 0. The van der Waals surface area contributed by atoms with Gasteiger partial charge in [-0.25, -0.2) is 4.57 Å². The molecule has 4 rings (SSSR count). The molecular formula is C21H20BrN3. The average Bonchev–Trinajstić information content (AvgIpc) is 2.83. The van der Waals surface area contributed by atoms with Gasteiger partial charge in [-0.3, -0.25) is 0 Å². The maximum Gasteiger partial charge on any atom is 0.262 e. The van der Waals surface area contributed by atoms with Gasteiger partial charge >= 0.3 is 0 Å². The monoisotopic (exact) mass is 393 g/mol. The molecule has 0 aliphatic carbocycles. The zero-order chi connectivity index (χ0) is 16.4. The summed E-state index contributed by atoms with van der Waals surface area (Å²) in [7, 11) is 0. The molecule has 3 aromatic rings. The first-order valence-electron chi connectivity index (χ1n) is 8.57. The third-order valence-corrected chi connectivity index (χ3v) is 4.77. The Balaban J connectivity index is 0.00000182. The fourth-order valence-electron chi connectivity index (χ4n) is 3.60. The van der Waals surface area contributed by atoms with Crippen molar-refractivity contribution in [2.45, 2.75) is 32.2 Å². The highest BCUT2D eigenvalue weighted by molar-refractivity contribution is 5.58. The summed E-state index contributed by atoms with van der Waals surface area (Å²) in [6.45, 7) is 1.04. The minimum Gasteiger partial charge on any atom is -1.00 e. The molecule has 25 heavy (non-hydrogen) atoms. The SMILES string of the molecule is N#Cc1ccccc1-[n+]1cc(-c2ccccc2)n2c1CCCCC2.[Br-]. The van der Waals surface area contributed by atoms with E-state index in [0.29, 0.717) is 0 Å². The summed E-state index contributed by atoms with van der Waals surface area (Å²) in [4.78, 5) is 0. The highest BCUT2D eigenvalue weighted by atomic mass is 79.9. The molecule has 2 aromatic carbocycles. The van der Waals surface area contributed by atoms with Crippen LogP contribution in [0.1, 0.15) is 30.7 Å². The quantitative estimate of drug-likeness (QED) is 0.598. The maximum absolute atomic E-state index is 9.49. The van der Waals surface area contributed by atoms with Crippen LogP contribution in [0.5, 0.6) is 0 Å². The molecular weight excluding hydrogens is 374 g/mol. The van der Waals surface area contributed by atoms with E-state index in [0.717, 1.165) is 24.2 Å². The molecule has 0 unspecified atom stereocenters. The second-order valence-electron chi connectivity index (χ2n) is 6.26. The number of nitriles is 1. The van der Waals surface area contributed by atoms with E-state index in [1.807, 2.05) is 24.3 Å². The lowest BCUT2D eigenvalue weighted by atomic mass is 10.1. The Morgan fingerprint density at radius 3 is 2.48 bits per heavy atom. The zero-order valence-corrected chi connectivity index (χ0v) is 15.6. The highest BCUT2D eigenvalue weighted by Crippen LogP contribution is 2.25. The number of fused-ring (bicyclic) bond motifs is 1. The van der Waals surface area contributed by atoms with E-state index in [4.69, 9.17) is 0 Å². The molecule has 126 valence electrons. The Hall–Kier alpha value is -2.38. The second kappa shape index (κ2) is 7.67. The van der Waals surface area contributed by atoms with Crippen LogP contribution in [0.3, 0.4) is 0 Å². The van der Waals surface area contributed by atoms with Crippen LogP contribution in [0.2, 0.25) is 0 Å². The molecule has 4 heteroatoms. The number of nitrogens with zero attached hydrogens (tertiary/aromatic N) is 3. The Labute approximate surface area is 158 Å². The number of benzene rings is 2. The molecule has 0 radical (unpaired) electrons. The first-order chi connectivity index (χ1) is 11.9. The maximum atomic E-state index is 9.49. The van der Waals surface area contributed by atoms with Gasteiger partial charge in [0.15, 0.2) is 5.69 Å². The molecule has 0 saturated heterocycles. The predicted molar refractivity (Wildman–Crippen MR) is 93.7 cm³/mol. The number of aromatic nitrogens is 2. The van der Waals surface area contributed by atoms with Gasteiger partial charge in [-0.2, -0.15) is 9.83 Å². The Bertz CT molecular complexity index is 907. The molecule has 0 saturated carbocycles. The first kappa shape index (κ1) is 17.4. The van der Waals surface area contributed by atoms with E-state index < -0.39 is 0 Å². The third kappa shape index (κ3) is 3.25. The van der Waals surface area contributed by atoms with E-state index in [9.17, 15) is 5.26 Å². The summed E-state index contributed by atoms with van der Waals surface area (Å²) in [6, 6.07) is 20.7. The van der Waals surface area contributed by atoms with Crippen LogP contribution in [-0.2, 0) is 13.0 Å². The van der Waals surface area contributed by atoms with Crippen molar-refractivity contribution >= 4 is 0 Å². The van der Waals surface area contributed by atoms with Crippen molar-refractivity contribution in [2.24, 2.45) is 0 Å². The Morgan fingerprint density at radius 2 is 1.68 bits per heavy atom. The van der Waals surface area contributed by atoms with E-state index in [1.54, 1.807) is 0 Å². The van der Waals surface area contributed by atoms with Crippen LogP contribution in [0, 0.1) is 11.3 Å². The Kier molecular flexibility index (Phi) is 5.35. The van der Waals surface area contributed by atoms with E-state index in [2.05, 4.69) is 51.7 Å². The lowest BCUT2D eigenvalue weighted by Gasteiger charge is -2.03. The van der Waals surface area contributed by atoms with Gasteiger partial charge in [-0.15, -0.1) is 0 Å². The van der Waals surface area contributed by atoms with Crippen LogP contribution in [-0.4, -0.2) is 4.57 Å². The van der Waals surface area contributed by atoms with Gasteiger partial charge in [0.1, 0.15) is 18.0 Å². The fraction of sp³-hybridized carbons (Fsp3) is 0.238. The number of para-hydroxylation sites is 1. The van der Waals surface area contributed by atoms with Gasteiger partial charge in [0, 0.05) is 12.0 Å². The highest BCUT2D eigenvalue weighted by Gasteiger charge is 2.27. The molecule has 0 amide bonds. The van der Waals surface area contributed by atoms with Gasteiger partial charge in [0.05, 0.1) is 12.1 Å². The second-order valence-corrected chi connectivity index (χ2v) is 6.26. The van der Waals surface area contributed by atoms with Gasteiger partial charge in [0.25, 0.3) is 5.82 Å². The zero-order valence-electron chi connectivity index (χ0n) is 14.0. The lowest BCUT2D eigenvalue weighted by molar-refractivity contribution is -0.604. The largest absolute Gasteiger partial charge is 1.00 e. The van der Waals surface area contributed by atoms with Crippen LogP contribution >= 0.6 is 0 Å². The minimum absolute atomic E-state index is 0. The van der Waals surface area contributed by atoms with Crippen molar-refractivity contribution in [3.05, 3.63) is 72.2 Å². The van der Waals surface area contributed by atoms with Crippen molar-refractivity contribution in [3.63, 3.8) is 0 Å². The van der Waals surface area contributed by atoms with Crippen molar-refractivity contribution in [2.75, 3.05) is 0 Å². The minimum atomic E-state index is 0. The van der Waals surface area contributed by atoms with Crippen molar-refractivity contribution < 1.29 is 21.5 Å². The number of hydrogen-bond donors (Lipinski definition) is 0. The molecule has 0 spiro atoms. The summed E-state index contributed by atoms with van der Waals surface area (Å²) in [5.41, 5.74) is 4.17. The van der Waals surface area contributed by atoms with Gasteiger partial charge in [-0.1, -0.05) is 42.5 Å². The number of rotatable bonds is 2. The molecule has 2 heterocycles. The number of hydrogen-bond acceptors (Lipinski definition) is 1. The molecule has 0 bridgehead atoms.